The summed E-state index contributed by atoms with van der Waals surface area (Å²) in [6.45, 7) is 4.40. The molecule has 90 valence electrons. The fourth-order valence-corrected chi connectivity index (χ4v) is 2.71. The summed E-state index contributed by atoms with van der Waals surface area (Å²) in [5, 5.41) is 1.04. The van der Waals surface area contributed by atoms with Gasteiger partial charge in [0.2, 0.25) is 0 Å². The van der Waals surface area contributed by atoms with Gasteiger partial charge in [-0.1, -0.05) is 0 Å². The molecule has 2 rings (SSSR count). The first-order valence-corrected chi connectivity index (χ1v) is 6.36. The molecule has 17 heavy (non-hydrogen) atoms. The summed E-state index contributed by atoms with van der Waals surface area (Å²) in [5.74, 6) is -0.177. The van der Waals surface area contributed by atoms with Crippen molar-refractivity contribution in [3.05, 3.63) is 39.5 Å². The van der Waals surface area contributed by atoms with Gasteiger partial charge in [0.05, 0.1) is 10.7 Å². The van der Waals surface area contributed by atoms with Crippen molar-refractivity contribution in [3.63, 3.8) is 0 Å². The summed E-state index contributed by atoms with van der Waals surface area (Å²) in [4.78, 5) is 5.71. The molecule has 2 N–H and O–H groups in total. The number of aryl methyl sites for hydroxylation is 2. The molecule has 0 bridgehead atoms. The monoisotopic (exact) mass is 250 g/mol. The van der Waals surface area contributed by atoms with Crippen molar-refractivity contribution in [2.45, 2.75) is 20.3 Å². The molecule has 2 aromatic rings. The average molecular weight is 250 g/mol. The molecular formula is C13H15FN2S. The molecule has 1 aromatic carbocycles. The Morgan fingerprint density at radius 1 is 1.35 bits per heavy atom. The van der Waals surface area contributed by atoms with Crippen LogP contribution in [-0.2, 0) is 6.42 Å². The maximum absolute atomic E-state index is 13.2. The van der Waals surface area contributed by atoms with E-state index >= 15 is 0 Å². The molecule has 4 heteroatoms. The molecule has 0 aliphatic heterocycles. The van der Waals surface area contributed by atoms with E-state index in [4.69, 9.17) is 5.73 Å². The zero-order valence-corrected chi connectivity index (χ0v) is 10.8. The molecule has 0 spiro atoms. The minimum atomic E-state index is -0.177. The van der Waals surface area contributed by atoms with Gasteiger partial charge in [-0.05, 0) is 44.2 Å². The van der Waals surface area contributed by atoms with Gasteiger partial charge in [-0.25, -0.2) is 9.37 Å². The van der Waals surface area contributed by atoms with E-state index in [0.29, 0.717) is 12.1 Å². The number of benzene rings is 1. The van der Waals surface area contributed by atoms with Crippen molar-refractivity contribution in [1.29, 1.82) is 0 Å². The van der Waals surface area contributed by atoms with E-state index in [1.807, 2.05) is 13.0 Å². The van der Waals surface area contributed by atoms with Gasteiger partial charge in [-0.15, -0.1) is 11.3 Å². The molecule has 0 atom stereocenters. The summed E-state index contributed by atoms with van der Waals surface area (Å²) < 4.78 is 13.2. The molecule has 2 nitrogen and oxygen atoms in total. The summed E-state index contributed by atoms with van der Waals surface area (Å²) in [5.41, 5.74) is 8.09. The van der Waals surface area contributed by atoms with Gasteiger partial charge in [-0.2, -0.15) is 0 Å². The Bertz CT molecular complexity index is 534. The van der Waals surface area contributed by atoms with Crippen LogP contribution in [0.5, 0.6) is 0 Å². The summed E-state index contributed by atoms with van der Waals surface area (Å²) in [6.07, 6.45) is 0.797. The fourth-order valence-electron chi connectivity index (χ4n) is 1.74. The lowest BCUT2D eigenvalue weighted by molar-refractivity contribution is 0.619. The Morgan fingerprint density at radius 3 is 2.76 bits per heavy atom. The molecule has 0 aliphatic carbocycles. The van der Waals surface area contributed by atoms with Crippen LogP contribution in [0.4, 0.5) is 4.39 Å². The van der Waals surface area contributed by atoms with E-state index < -0.39 is 0 Å². The predicted octanol–water partition coefficient (Wildman–Crippen LogP) is 3.07. The van der Waals surface area contributed by atoms with Gasteiger partial charge in [-0.3, -0.25) is 0 Å². The highest BCUT2D eigenvalue weighted by molar-refractivity contribution is 7.12. The summed E-state index contributed by atoms with van der Waals surface area (Å²) >= 11 is 1.66. The molecule has 0 amide bonds. The zero-order valence-electron chi connectivity index (χ0n) is 9.96. The number of rotatable bonds is 3. The quantitative estimate of drug-likeness (QED) is 0.909. The van der Waals surface area contributed by atoms with E-state index in [2.05, 4.69) is 4.98 Å². The van der Waals surface area contributed by atoms with Gasteiger partial charge in [0.1, 0.15) is 5.82 Å². The number of aromatic nitrogens is 1. The first-order chi connectivity index (χ1) is 8.11. The predicted molar refractivity (Wildman–Crippen MR) is 69.7 cm³/mol. The first-order valence-electron chi connectivity index (χ1n) is 5.54. The normalized spacial score (nSPS) is 10.8. The van der Waals surface area contributed by atoms with Gasteiger partial charge in [0.25, 0.3) is 0 Å². The molecule has 1 aromatic heterocycles. The van der Waals surface area contributed by atoms with Crippen molar-refractivity contribution >= 4 is 11.3 Å². The molecule has 0 saturated carbocycles. The molecule has 0 saturated heterocycles. The van der Waals surface area contributed by atoms with E-state index in [1.165, 1.54) is 6.07 Å². The second-order valence-electron chi connectivity index (χ2n) is 4.02. The Kier molecular flexibility index (Phi) is 3.54. The van der Waals surface area contributed by atoms with E-state index in [0.717, 1.165) is 27.6 Å². The highest BCUT2D eigenvalue weighted by Crippen LogP contribution is 2.28. The minimum absolute atomic E-state index is 0.177. The fraction of sp³-hybridized carbons (Fsp3) is 0.308. The Morgan fingerprint density at radius 2 is 2.12 bits per heavy atom. The molecule has 0 unspecified atom stereocenters. The van der Waals surface area contributed by atoms with Crippen molar-refractivity contribution < 1.29 is 4.39 Å². The third-order valence-electron chi connectivity index (χ3n) is 2.63. The van der Waals surface area contributed by atoms with Crippen LogP contribution < -0.4 is 5.73 Å². The Balaban J connectivity index is 2.41. The van der Waals surface area contributed by atoms with Crippen LogP contribution in [0.15, 0.2) is 18.2 Å². The SMILES string of the molecule is Cc1cc(-c2nc(CCN)sc2C)ccc1F. The van der Waals surface area contributed by atoms with Gasteiger partial charge >= 0.3 is 0 Å². The zero-order chi connectivity index (χ0) is 12.4. The number of thiazole rings is 1. The number of hydrogen-bond acceptors (Lipinski definition) is 3. The van der Waals surface area contributed by atoms with Gasteiger partial charge in [0, 0.05) is 16.9 Å². The second-order valence-corrected chi connectivity index (χ2v) is 5.30. The van der Waals surface area contributed by atoms with Crippen LogP contribution >= 0.6 is 11.3 Å². The summed E-state index contributed by atoms with van der Waals surface area (Å²) in [6, 6.07) is 5.10. The van der Waals surface area contributed by atoms with Crippen LogP contribution in [0.25, 0.3) is 11.3 Å². The molecule has 0 aliphatic rings. The molecule has 0 radical (unpaired) electrons. The van der Waals surface area contributed by atoms with Crippen molar-refractivity contribution in [3.8, 4) is 11.3 Å². The number of nitrogens with zero attached hydrogens (tertiary/aromatic N) is 1. The van der Waals surface area contributed by atoms with Crippen molar-refractivity contribution in [2.75, 3.05) is 6.54 Å². The minimum Gasteiger partial charge on any atom is -0.330 e. The number of hydrogen-bond donors (Lipinski definition) is 1. The van der Waals surface area contributed by atoms with Crippen molar-refractivity contribution in [2.24, 2.45) is 5.73 Å². The van der Waals surface area contributed by atoms with Gasteiger partial charge in [0.15, 0.2) is 0 Å². The molecule has 1 heterocycles. The third-order valence-corrected chi connectivity index (χ3v) is 3.66. The van der Waals surface area contributed by atoms with Crippen LogP contribution in [0.2, 0.25) is 0 Å². The third kappa shape index (κ3) is 2.53. The van der Waals surface area contributed by atoms with Gasteiger partial charge < -0.3 is 5.73 Å². The lowest BCUT2D eigenvalue weighted by Crippen LogP contribution is -2.01. The standard InChI is InChI=1S/C13H15FN2S/c1-8-7-10(3-4-11(8)14)13-9(2)17-12(16-13)5-6-15/h3-4,7H,5-6,15H2,1-2H3. The lowest BCUT2D eigenvalue weighted by atomic mass is 10.1. The average Bonchev–Trinajstić information content (AvgIpc) is 2.64. The maximum atomic E-state index is 13.2. The molecular weight excluding hydrogens is 235 g/mol. The first kappa shape index (κ1) is 12.2. The maximum Gasteiger partial charge on any atom is 0.126 e. The lowest BCUT2D eigenvalue weighted by Gasteiger charge is -2.01. The van der Waals surface area contributed by atoms with Crippen LogP contribution in [0.3, 0.4) is 0 Å². The van der Waals surface area contributed by atoms with Crippen LogP contribution in [0.1, 0.15) is 15.4 Å². The molecule has 0 fully saturated rings. The smallest absolute Gasteiger partial charge is 0.126 e. The highest BCUT2D eigenvalue weighted by atomic mass is 32.1. The number of nitrogens with two attached hydrogens (primary N) is 1. The van der Waals surface area contributed by atoms with E-state index in [1.54, 1.807) is 24.3 Å². The summed E-state index contributed by atoms with van der Waals surface area (Å²) in [7, 11) is 0. The Hall–Kier alpha value is -1.26. The van der Waals surface area contributed by atoms with Crippen molar-refractivity contribution in [1.82, 2.24) is 4.98 Å². The highest BCUT2D eigenvalue weighted by Gasteiger charge is 2.10. The van der Waals surface area contributed by atoms with E-state index in [-0.39, 0.29) is 5.82 Å². The largest absolute Gasteiger partial charge is 0.330 e. The van der Waals surface area contributed by atoms with Crippen LogP contribution in [-0.4, -0.2) is 11.5 Å². The second kappa shape index (κ2) is 4.94. The topological polar surface area (TPSA) is 38.9 Å². The van der Waals surface area contributed by atoms with E-state index in [9.17, 15) is 4.39 Å². The number of halogens is 1. The van der Waals surface area contributed by atoms with Crippen LogP contribution in [0, 0.1) is 19.7 Å². The Labute approximate surface area is 104 Å².